The zero-order valence-corrected chi connectivity index (χ0v) is 16.5. The Hall–Kier alpha value is -2.50. The normalized spacial score (nSPS) is 20.5. The number of hydrogen-bond donors (Lipinski definition) is 1. The van der Waals surface area contributed by atoms with Gasteiger partial charge in [0.15, 0.2) is 0 Å². The van der Waals surface area contributed by atoms with Crippen molar-refractivity contribution in [3.63, 3.8) is 0 Å². The first-order valence-corrected chi connectivity index (χ1v) is 10.5. The minimum Gasteiger partial charge on any atom is -0.323 e. The number of hydrogen-bond acceptors (Lipinski definition) is 2. The lowest BCUT2D eigenvalue weighted by Crippen LogP contribution is -2.23. The molecule has 0 unspecified atom stereocenters. The molecule has 0 bridgehead atoms. The third-order valence-corrected chi connectivity index (χ3v) is 6.15. The number of nitrogens with zero attached hydrogens (tertiary/aromatic N) is 2. The first kappa shape index (κ1) is 19.8. The van der Waals surface area contributed by atoms with Crippen molar-refractivity contribution in [1.82, 2.24) is 9.78 Å². The van der Waals surface area contributed by atoms with Gasteiger partial charge < -0.3 is 5.32 Å². The lowest BCUT2D eigenvalue weighted by Gasteiger charge is -2.26. The molecule has 1 amide bonds. The summed E-state index contributed by atoms with van der Waals surface area (Å²) < 4.78 is 29.0. The quantitative estimate of drug-likeness (QED) is 0.616. The van der Waals surface area contributed by atoms with Crippen LogP contribution in [0.4, 0.5) is 14.5 Å². The summed E-state index contributed by atoms with van der Waals surface area (Å²) in [6.07, 6.45) is 10.8. The highest BCUT2D eigenvalue weighted by Gasteiger charge is 2.34. The summed E-state index contributed by atoms with van der Waals surface area (Å²) >= 11 is 0. The van der Waals surface area contributed by atoms with Gasteiger partial charge in [0, 0.05) is 23.9 Å². The van der Waals surface area contributed by atoms with Gasteiger partial charge in [0.25, 0.3) is 0 Å². The summed E-state index contributed by atoms with van der Waals surface area (Å²) in [5.41, 5.74) is 2.57. The van der Waals surface area contributed by atoms with Crippen molar-refractivity contribution in [3.05, 3.63) is 42.6 Å². The molecule has 4 nitrogen and oxygen atoms in total. The fourth-order valence-corrected chi connectivity index (χ4v) is 4.47. The number of carbonyl (C=O) groups is 1. The molecule has 1 N–H and O–H groups in total. The van der Waals surface area contributed by atoms with Crippen LogP contribution < -0.4 is 5.32 Å². The molecular formula is C23H27F2N3O. The number of aromatic nitrogens is 2. The summed E-state index contributed by atoms with van der Waals surface area (Å²) in [5.74, 6) is -2.61. The monoisotopic (exact) mass is 399 g/mol. The van der Waals surface area contributed by atoms with Crippen LogP contribution in [0.5, 0.6) is 0 Å². The van der Waals surface area contributed by atoms with Gasteiger partial charge >= 0.3 is 0 Å². The maximum Gasteiger partial charge on any atom is 0.248 e. The average molecular weight is 399 g/mol. The number of rotatable bonds is 5. The van der Waals surface area contributed by atoms with E-state index in [1.54, 1.807) is 0 Å². The zero-order valence-electron chi connectivity index (χ0n) is 16.5. The first-order chi connectivity index (χ1) is 13.9. The number of halogens is 2. The Kier molecular flexibility index (Phi) is 5.52. The Labute approximate surface area is 169 Å². The fourth-order valence-electron chi connectivity index (χ4n) is 4.47. The third kappa shape index (κ3) is 4.41. The molecule has 1 aromatic heterocycles. The summed E-state index contributed by atoms with van der Waals surface area (Å²) in [6.45, 7) is 3.49. The van der Waals surface area contributed by atoms with Gasteiger partial charge in [0.1, 0.15) is 0 Å². The molecule has 4 rings (SSSR count). The van der Waals surface area contributed by atoms with Crippen molar-refractivity contribution in [2.45, 2.75) is 63.3 Å². The molecule has 29 heavy (non-hydrogen) atoms. The van der Waals surface area contributed by atoms with E-state index in [9.17, 15) is 13.6 Å². The minimum absolute atomic E-state index is 0.0446. The van der Waals surface area contributed by atoms with Gasteiger partial charge in [0.2, 0.25) is 11.8 Å². The summed E-state index contributed by atoms with van der Waals surface area (Å²) in [5, 5.41) is 8.65. The van der Waals surface area contributed by atoms with E-state index in [1.165, 1.54) is 18.9 Å². The van der Waals surface area contributed by atoms with Crippen LogP contribution in [0.25, 0.3) is 17.0 Å². The van der Waals surface area contributed by atoms with Crippen LogP contribution >= 0.6 is 0 Å². The lowest BCUT2D eigenvalue weighted by molar-refractivity contribution is -0.111. The number of benzene rings is 1. The Morgan fingerprint density at radius 3 is 2.62 bits per heavy atom. The Morgan fingerprint density at radius 2 is 1.93 bits per heavy atom. The van der Waals surface area contributed by atoms with Gasteiger partial charge in [-0.3, -0.25) is 9.48 Å². The largest absolute Gasteiger partial charge is 0.323 e. The van der Waals surface area contributed by atoms with Crippen LogP contribution in [-0.2, 0) is 4.79 Å². The Bertz CT molecular complexity index is 931. The van der Waals surface area contributed by atoms with Crippen molar-refractivity contribution >= 4 is 28.6 Å². The van der Waals surface area contributed by atoms with Gasteiger partial charge in [-0.25, -0.2) is 8.78 Å². The van der Waals surface area contributed by atoms with Crippen LogP contribution in [0.15, 0.2) is 36.9 Å². The molecule has 2 aliphatic rings. The molecule has 2 aliphatic carbocycles. The number of carbonyl (C=O) groups excluding carboxylic acids is 1. The molecule has 0 radical (unpaired) electrons. The number of fused-ring (bicyclic) bond motifs is 1. The smallest absolute Gasteiger partial charge is 0.248 e. The summed E-state index contributed by atoms with van der Waals surface area (Å²) in [6, 6.07) is 6.21. The second-order valence-corrected chi connectivity index (χ2v) is 8.25. The summed E-state index contributed by atoms with van der Waals surface area (Å²) in [4.78, 5) is 11.7. The Balaban J connectivity index is 1.65. The standard InChI is InChI=1S/C23H27F2N3O/c1-2-22(29)26-17-8-10-21-19(15-17)20(27-28(21)18-5-3-4-6-18)9-7-16-11-13-23(24,25)14-12-16/h2,7-10,15-16,18H,1,3-6,11-14H2,(H,26,29). The first-order valence-electron chi connectivity index (χ1n) is 10.5. The maximum atomic E-state index is 13.4. The maximum absolute atomic E-state index is 13.4. The second-order valence-electron chi connectivity index (χ2n) is 8.25. The average Bonchev–Trinajstić information content (AvgIpc) is 3.35. The van der Waals surface area contributed by atoms with Crippen molar-refractivity contribution in [2.24, 2.45) is 5.92 Å². The molecule has 1 aromatic carbocycles. The molecule has 2 saturated carbocycles. The van der Waals surface area contributed by atoms with E-state index in [0.29, 0.717) is 24.6 Å². The van der Waals surface area contributed by atoms with Crippen LogP contribution in [0.2, 0.25) is 0 Å². The van der Waals surface area contributed by atoms with E-state index in [-0.39, 0.29) is 24.7 Å². The van der Waals surface area contributed by atoms with Crippen molar-refractivity contribution in [2.75, 3.05) is 5.32 Å². The number of alkyl halides is 2. The van der Waals surface area contributed by atoms with E-state index >= 15 is 0 Å². The van der Waals surface area contributed by atoms with Crippen LogP contribution in [0.3, 0.4) is 0 Å². The summed E-state index contributed by atoms with van der Waals surface area (Å²) in [7, 11) is 0. The molecule has 154 valence electrons. The topological polar surface area (TPSA) is 46.9 Å². The zero-order chi connectivity index (χ0) is 20.4. The van der Waals surface area contributed by atoms with Crippen molar-refractivity contribution < 1.29 is 13.6 Å². The predicted octanol–water partition coefficient (Wildman–Crippen LogP) is 6.11. The molecular weight excluding hydrogens is 372 g/mol. The highest BCUT2D eigenvalue weighted by Crippen LogP contribution is 2.38. The van der Waals surface area contributed by atoms with Gasteiger partial charge in [-0.1, -0.05) is 25.5 Å². The van der Waals surface area contributed by atoms with Gasteiger partial charge in [-0.05, 0) is 62.0 Å². The number of anilines is 1. The highest BCUT2D eigenvalue weighted by atomic mass is 19.3. The molecule has 1 heterocycles. The highest BCUT2D eigenvalue weighted by molar-refractivity contribution is 6.01. The van der Waals surface area contributed by atoms with E-state index in [4.69, 9.17) is 5.10 Å². The molecule has 2 aromatic rings. The number of allylic oxidation sites excluding steroid dienone is 1. The molecule has 0 spiro atoms. The second kappa shape index (κ2) is 8.09. The molecule has 0 aliphatic heterocycles. The van der Waals surface area contributed by atoms with Crippen molar-refractivity contribution in [3.8, 4) is 0 Å². The van der Waals surface area contributed by atoms with E-state index in [1.807, 2.05) is 30.4 Å². The number of nitrogens with one attached hydrogen (secondary N) is 1. The van der Waals surface area contributed by atoms with Crippen LogP contribution in [0, 0.1) is 5.92 Å². The lowest BCUT2D eigenvalue weighted by atomic mass is 9.86. The SMILES string of the molecule is C=CC(=O)Nc1ccc2c(c1)c(C=CC1CCC(F)(F)CC1)nn2C1CCCC1. The van der Waals surface area contributed by atoms with Crippen LogP contribution in [0.1, 0.15) is 63.1 Å². The van der Waals surface area contributed by atoms with E-state index in [2.05, 4.69) is 16.6 Å². The van der Waals surface area contributed by atoms with Crippen LogP contribution in [-0.4, -0.2) is 21.6 Å². The molecule has 0 atom stereocenters. The third-order valence-electron chi connectivity index (χ3n) is 6.15. The molecule has 6 heteroatoms. The number of amides is 1. The Morgan fingerprint density at radius 1 is 1.21 bits per heavy atom. The van der Waals surface area contributed by atoms with Gasteiger partial charge in [-0.15, -0.1) is 0 Å². The van der Waals surface area contributed by atoms with E-state index < -0.39 is 5.92 Å². The van der Waals surface area contributed by atoms with E-state index in [0.717, 1.165) is 29.4 Å². The van der Waals surface area contributed by atoms with Gasteiger partial charge in [0.05, 0.1) is 17.3 Å². The predicted molar refractivity (Wildman–Crippen MR) is 112 cm³/mol. The molecule has 2 fully saturated rings. The fraction of sp³-hybridized carbons (Fsp3) is 0.478. The minimum atomic E-state index is -2.51. The molecule has 0 saturated heterocycles. The van der Waals surface area contributed by atoms with Gasteiger partial charge in [-0.2, -0.15) is 5.10 Å². The van der Waals surface area contributed by atoms with Crippen molar-refractivity contribution in [1.29, 1.82) is 0 Å².